The fraction of sp³-hybridized carbons (Fsp3) is 0. The second kappa shape index (κ2) is 7.57. The topological polar surface area (TPSA) is 71.8 Å². The van der Waals surface area contributed by atoms with E-state index in [1.54, 1.807) is 6.20 Å². The molecular formula is C36H18N6. The Bertz CT molecular complexity index is 2810. The molecule has 0 aliphatic carbocycles. The van der Waals surface area contributed by atoms with Crippen molar-refractivity contribution in [2.24, 2.45) is 0 Å². The summed E-state index contributed by atoms with van der Waals surface area (Å²) >= 11 is 0. The van der Waals surface area contributed by atoms with E-state index in [1.807, 2.05) is 12.1 Å². The monoisotopic (exact) mass is 534 g/mol. The van der Waals surface area contributed by atoms with E-state index in [9.17, 15) is 5.26 Å². The van der Waals surface area contributed by atoms with Gasteiger partial charge in [-0.15, -0.1) is 0 Å². The van der Waals surface area contributed by atoms with E-state index in [0.29, 0.717) is 22.7 Å². The molecule has 10 aromatic rings. The van der Waals surface area contributed by atoms with E-state index >= 15 is 0 Å². The van der Waals surface area contributed by atoms with Gasteiger partial charge in [-0.1, -0.05) is 72.8 Å². The molecule has 0 saturated carbocycles. The van der Waals surface area contributed by atoms with Crippen LogP contribution in [0.4, 0.5) is 0 Å². The molecule has 42 heavy (non-hydrogen) atoms. The minimum absolute atomic E-state index is 0.311. The van der Waals surface area contributed by atoms with Crippen LogP contribution in [0.5, 0.6) is 0 Å². The minimum atomic E-state index is 0.311. The summed E-state index contributed by atoms with van der Waals surface area (Å²) in [5.41, 5.74) is 6.38. The molecule has 0 N–H and O–H groups in total. The second-order valence-corrected chi connectivity index (χ2v) is 10.8. The van der Waals surface area contributed by atoms with Gasteiger partial charge in [0.2, 0.25) is 5.95 Å². The van der Waals surface area contributed by atoms with Gasteiger partial charge in [-0.25, -0.2) is 9.97 Å². The SMILES string of the molecule is N#Cc1nc(-n2c3c4ccccc4ccc3c3cc4c5ccccc5n5c6ccccc6c(c32)c45)nc2ncccc12. The van der Waals surface area contributed by atoms with E-state index in [1.165, 1.54) is 27.2 Å². The minimum Gasteiger partial charge on any atom is -0.308 e. The number of nitrogens with zero attached hydrogens (tertiary/aromatic N) is 6. The number of hydrogen-bond acceptors (Lipinski definition) is 4. The summed E-state index contributed by atoms with van der Waals surface area (Å²) in [7, 11) is 0. The Kier molecular flexibility index (Phi) is 3.91. The van der Waals surface area contributed by atoms with Crippen molar-refractivity contribution in [2.75, 3.05) is 0 Å². The Morgan fingerprint density at radius 3 is 2.14 bits per heavy atom. The van der Waals surface area contributed by atoms with Gasteiger partial charge in [0.15, 0.2) is 11.3 Å². The molecule has 5 aromatic carbocycles. The van der Waals surface area contributed by atoms with Crippen LogP contribution < -0.4 is 0 Å². The fourth-order valence-electron chi connectivity index (χ4n) is 7.10. The molecule has 0 radical (unpaired) electrons. The molecule has 6 heteroatoms. The van der Waals surface area contributed by atoms with Crippen molar-refractivity contribution in [3.05, 3.63) is 115 Å². The molecule has 0 bridgehead atoms. The predicted octanol–water partition coefficient (Wildman–Crippen LogP) is 8.30. The third kappa shape index (κ3) is 2.52. The number of aromatic nitrogens is 5. The Morgan fingerprint density at radius 1 is 0.571 bits per heavy atom. The molecule has 0 fully saturated rings. The third-order valence-electron chi connectivity index (χ3n) is 8.75. The molecule has 0 aliphatic rings. The van der Waals surface area contributed by atoms with Crippen molar-refractivity contribution in [1.82, 2.24) is 23.9 Å². The smallest absolute Gasteiger partial charge is 0.238 e. The first-order valence-electron chi connectivity index (χ1n) is 13.9. The van der Waals surface area contributed by atoms with Crippen LogP contribution in [-0.4, -0.2) is 23.9 Å². The fourth-order valence-corrected chi connectivity index (χ4v) is 7.10. The van der Waals surface area contributed by atoms with Gasteiger partial charge in [-0.05, 0) is 35.7 Å². The van der Waals surface area contributed by atoms with Crippen LogP contribution in [0.25, 0.3) is 87.7 Å². The average molecular weight is 535 g/mol. The zero-order valence-corrected chi connectivity index (χ0v) is 22.1. The number of rotatable bonds is 1. The first kappa shape index (κ1) is 21.7. The normalized spacial score (nSPS) is 12.3. The largest absolute Gasteiger partial charge is 0.308 e. The Hall–Kier alpha value is -6.06. The maximum Gasteiger partial charge on any atom is 0.238 e. The summed E-state index contributed by atoms with van der Waals surface area (Å²) in [6, 6.07) is 38.3. The molecule has 5 aromatic heterocycles. The quantitative estimate of drug-likeness (QED) is 0.212. The second-order valence-electron chi connectivity index (χ2n) is 10.8. The van der Waals surface area contributed by atoms with Gasteiger partial charge in [0.05, 0.1) is 33.0 Å². The van der Waals surface area contributed by atoms with E-state index in [-0.39, 0.29) is 0 Å². The molecular weight excluding hydrogens is 516 g/mol. The molecule has 192 valence electrons. The van der Waals surface area contributed by atoms with Crippen molar-refractivity contribution < 1.29 is 0 Å². The third-order valence-corrected chi connectivity index (χ3v) is 8.75. The maximum absolute atomic E-state index is 10.1. The molecule has 0 aliphatic heterocycles. The highest BCUT2D eigenvalue weighted by molar-refractivity contribution is 6.35. The summed E-state index contributed by atoms with van der Waals surface area (Å²) in [4.78, 5) is 14.4. The van der Waals surface area contributed by atoms with Crippen LogP contribution >= 0.6 is 0 Å². The van der Waals surface area contributed by atoms with E-state index in [0.717, 1.165) is 43.5 Å². The van der Waals surface area contributed by atoms with Gasteiger partial charge in [0.25, 0.3) is 0 Å². The predicted molar refractivity (Wildman–Crippen MR) is 169 cm³/mol. The van der Waals surface area contributed by atoms with Crippen LogP contribution in [0.1, 0.15) is 5.69 Å². The molecule has 5 heterocycles. The van der Waals surface area contributed by atoms with Gasteiger partial charge in [-0.2, -0.15) is 10.2 Å². The lowest BCUT2D eigenvalue weighted by Crippen LogP contribution is -2.05. The van der Waals surface area contributed by atoms with Crippen molar-refractivity contribution in [2.45, 2.75) is 0 Å². The number of hydrogen-bond donors (Lipinski definition) is 0. The molecule has 0 saturated heterocycles. The molecule has 10 rings (SSSR count). The first-order chi connectivity index (χ1) is 20.8. The zero-order chi connectivity index (χ0) is 27.5. The summed E-state index contributed by atoms with van der Waals surface area (Å²) in [5.74, 6) is 0.441. The molecule has 0 amide bonds. The lowest BCUT2D eigenvalue weighted by Gasteiger charge is -2.10. The first-order valence-corrected chi connectivity index (χ1v) is 13.9. The summed E-state index contributed by atoms with van der Waals surface area (Å²) in [6.07, 6.45) is 1.71. The number of pyridine rings is 1. The van der Waals surface area contributed by atoms with Gasteiger partial charge in [-0.3, -0.25) is 4.57 Å². The Morgan fingerprint density at radius 2 is 1.29 bits per heavy atom. The molecule has 6 nitrogen and oxygen atoms in total. The van der Waals surface area contributed by atoms with Crippen molar-refractivity contribution in [3.8, 4) is 12.0 Å². The number of fused-ring (bicyclic) bond motifs is 13. The van der Waals surface area contributed by atoms with Crippen molar-refractivity contribution in [1.29, 1.82) is 5.26 Å². The van der Waals surface area contributed by atoms with Gasteiger partial charge in [0, 0.05) is 43.9 Å². The Labute approximate surface area is 237 Å². The van der Waals surface area contributed by atoms with Gasteiger partial charge in [0.1, 0.15) is 6.07 Å². The summed E-state index contributed by atoms with van der Waals surface area (Å²) in [6.45, 7) is 0. The summed E-state index contributed by atoms with van der Waals surface area (Å²) in [5, 5.41) is 20.0. The van der Waals surface area contributed by atoms with E-state index < -0.39 is 0 Å². The van der Waals surface area contributed by atoms with Crippen molar-refractivity contribution >= 4 is 81.7 Å². The Balaban J connectivity index is 1.56. The molecule has 0 unspecified atom stereocenters. The summed E-state index contributed by atoms with van der Waals surface area (Å²) < 4.78 is 4.55. The van der Waals surface area contributed by atoms with Crippen LogP contribution in [0.15, 0.2) is 109 Å². The highest BCUT2D eigenvalue weighted by Gasteiger charge is 2.26. The molecule has 0 atom stereocenters. The van der Waals surface area contributed by atoms with Gasteiger partial charge < -0.3 is 4.40 Å². The average Bonchev–Trinajstić information content (AvgIpc) is 3.69. The maximum atomic E-state index is 10.1. The number of nitriles is 1. The number of para-hydroxylation sites is 2. The molecule has 0 spiro atoms. The van der Waals surface area contributed by atoms with Crippen molar-refractivity contribution in [3.63, 3.8) is 0 Å². The van der Waals surface area contributed by atoms with Crippen LogP contribution in [0, 0.1) is 11.3 Å². The highest BCUT2D eigenvalue weighted by Crippen LogP contribution is 2.47. The lowest BCUT2D eigenvalue weighted by atomic mass is 10.0. The van der Waals surface area contributed by atoms with Crippen LogP contribution in [0.3, 0.4) is 0 Å². The van der Waals surface area contributed by atoms with Crippen LogP contribution in [-0.2, 0) is 0 Å². The van der Waals surface area contributed by atoms with E-state index in [4.69, 9.17) is 9.97 Å². The highest BCUT2D eigenvalue weighted by atomic mass is 15.2. The zero-order valence-electron chi connectivity index (χ0n) is 22.1. The van der Waals surface area contributed by atoms with E-state index in [2.05, 4.69) is 111 Å². The lowest BCUT2D eigenvalue weighted by molar-refractivity contribution is 0.998. The van der Waals surface area contributed by atoms with Crippen LogP contribution in [0.2, 0.25) is 0 Å². The number of benzene rings is 5. The standard InChI is InChI=1S/C36H18N6/c37-19-28-24-12-7-17-38-35(24)40-36(39-28)42-32-21-9-2-1-8-20(21)15-16-23(32)27-18-26-22-10-3-5-13-29(22)41-30-14-6-4-11-25(30)31(33(26)41)34(27)42/h1-18H. The van der Waals surface area contributed by atoms with Gasteiger partial charge >= 0.3 is 0 Å².